The summed E-state index contributed by atoms with van der Waals surface area (Å²) in [6.07, 6.45) is 0.213. The zero-order valence-electron chi connectivity index (χ0n) is 7.19. The van der Waals surface area contributed by atoms with Crippen LogP contribution in [0.1, 0.15) is 6.42 Å². The minimum Gasteiger partial charge on any atom is -0.325 e. The number of carbonyl (C=O) groups is 1. The van der Waals surface area contributed by atoms with Crippen LogP contribution in [0.5, 0.6) is 0 Å². The molecule has 0 aliphatic heterocycles. The molecule has 0 spiro atoms. The van der Waals surface area contributed by atoms with Crippen molar-refractivity contribution in [3.63, 3.8) is 0 Å². The Labute approximate surface area is 94.6 Å². The summed E-state index contributed by atoms with van der Waals surface area (Å²) in [5.74, 6) is -0.376. The van der Waals surface area contributed by atoms with Gasteiger partial charge in [-0.15, -0.1) is 11.6 Å². The lowest BCUT2D eigenvalue weighted by Crippen LogP contribution is -2.12. The first-order chi connectivity index (χ1) is 6.63. The average molecular weight is 281 g/mol. The molecule has 0 unspecified atom stereocenters. The van der Waals surface area contributed by atoms with Crippen molar-refractivity contribution in [1.29, 1.82) is 0 Å². The van der Waals surface area contributed by atoms with E-state index in [1.165, 1.54) is 18.2 Å². The number of hydrogen-bond acceptors (Lipinski definition) is 1. The largest absolute Gasteiger partial charge is 0.325 e. The fourth-order valence-corrected chi connectivity index (χ4v) is 1.41. The van der Waals surface area contributed by atoms with Crippen molar-refractivity contribution in [2.24, 2.45) is 0 Å². The van der Waals surface area contributed by atoms with Gasteiger partial charge in [0.05, 0.1) is 5.69 Å². The molecule has 2 nitrogen and oxygen atoms in total. The SMILES string of the molecule is O=C(CCCl)Nc1cc(F)ccc1Br. The molecule has 76 valence electrons. The standard InChI is InChI=1S/C9H8BrClFNO/c10-7-2-1-6(12)5-8(7)13-9(14)3-4-11/h1-2,5H,3-4H2,(H,13,14). The first-order valence-electron chi connectivity index (χ1n) is 3.94. The smallest absolute Gasteiger partial charge is 0.225 e. The summed E-state index contributed by atoms with van der Waals surface area (Å²) in [7, 11) is 0. The van der Waals surface area contributed by atoms with E-state index in [-0.39, 0.29) is 18.2 Å². The lowest BCUT2D eigenvalue weighted by atomic mass is 10.3. The summed E-state index contributed by atoms with van der Waals surface area (Å²) < 4.78 is 13.4. The summed E-state index contributed by atoms with van der Waals surface area (Å²) in [6.45, 7) is 0. The van der Waals surface area contributed by atoms with E-state index in [2.05, 4.69) is 21.2 Å². The van der Waals surface area contributed by atoms with Gasteiger partial charge in [0.25, 0.3) is 0 Å². The van der Waals surface area contributed by atoms with E-state index < -0.39 is 5.82 Å². The Morgan fingerprint density at radius 2 is 2.29 bits per heavy atom. The average Bonchev–Trinajstić information content (AvgIpc) is 2.12. The molecule has 0 aromatic heterocycles. The first-order valence-corrected chi connectivity index (χ1v) is 5.27. The molecule has 0 saturated carbocycles. The third-order valence-corrected chi connectivity index (χ3v) is 2.40. The second-order valence-corrected chi connectivity index (χ2v) is 3.84. The third-order valence-electron chi connectivity index (χ3n) is 1.52. The number of carbonyl (C=O) groups excluding carboxylic acids is 1. The minimum atomic E-state index is -0.394. The van der Waals surface area contributed by atoms with Crippen molar-refractivity contribution in [2.45, 2.75) is 6.42 Å². The molecule has 0 saturated heterocycles. The maximum Gasteiger partial charge on any atom is 0.225 e. The molecule has 5 heteroatoms. The number of benzene rings is 1. The van der Waals surface area contributed by atoms with Crippen LogP contribution < -0.4 is 5.32 Å². The molecule has 0 radical (unpaired) electrons. The van der Waals surface area contributed by atoms with Crippen molar-refractivity contribution in [3.05, 3.63) is 28.5 Å². The van der Waals surface area contributed by atoms with Crippen LogP contribution in [0.2, 0.25) is 0 Å². The number of nitrogens with one attached hydrogen (secondary N) is 1. The van der Waals surface area contributed by atoms with Crippen LogP contribution in [0.3, 0.4) is 0 Å². The number of hydrogen-bond donors (Lipinski definition) is 1. The maximum absolute atomic E-state index is 12.8. The number of amides is 1. The van der Waals surface area contributed by atoms with Gasteiger partial charge in [-0.05, 0) is 34.1 Å². The molecule has 0 aliphatic carbocycles. The van der Waals surface area contributed by atoms with Crippen LogP contribution >= 0.6 is 27.5 Å². The lowest BCUT2D eigenvalue weighted by Gasteiger charge is -2.06. The Balaban J connectivity index is 2.75. The normalized spacial score (nSPS) is 9.93. The molecule has 0 fully saturated rings. The molecule has 1 N–H and O–H groups in total. The minimum absolute atomic E-state index is 0.213. The maximum atomic E-state index is 12.8. The quantitative estimate of drug-likeness (QED) is 0.847. The topological polar surface area (TPSA) is 29.1 Å². The molecule has 0 bridgehead atoms. The van der Waals surface area contributed by atoms with E-state index in [0.29, 0.717) is 10.2 Å². The fourth-order valence-electron chi connectivity index (χ4n) is 0.892. The van der Waals surface area contributed by atoms with Crippen molar-refractivity contribution in [3.8, 4) is 0 Å². The van der Waals surface area contributed by atoms with Gasteiger partial charge in [0, 0.05) is 16.8 Å². The van der Waals surface area contributed by atoms with Crippen LogP contribution in [0, 0.1) is 5.82 Å². The summed E-state index contributed by atoms with van der Waals surface area (Å²) in [6, 6.07) is 4.09. The number of alkyl halides is 1. The molecule has 14 heavy (non-hydrogen) atoms. The van der Waals surface area contributed by atoms with Gasteiger partial charge >= 0.3 is 0 Å². The lowest BCUT2D eigenvalue weighted by molar-refractivity contribution is -0.115. The van der Waals surface area contributed by atoms with Crippen LogP contribution in [0.15, 0.2) is 22.7 Å². The van der Waals surface area contributed by atoms with Crippen LogP contribution in [0.4, 0.5) is 10.1 Å². The highest BCUT2D eigenvalue weighted by atomic mass is 79.9. The van der Waals surface area contributed by atoms with E-state index in [9.17, 15) is 9.18 Å². The molecular weight excluding hydrogens is 272 g/mol. The fraction of sp³-hybridized carbons (Fsp3) is 0.222. The van der Waals surface area contributed by atoms with Crippen molar-refractivity contribution in [1.82, 2.24) is 0 Å². The Kier molecular flexibility index (Phi) is 4.35. The summed E-state index contributed by atoms with van der Waals surface area (Å²) in [5.41, 5.74) is 0.417. The first kappa shape index (κ1) is 11.5. The second-order valence-electron chi connectivity index (χ2n) is 2.61. The zero-order chi connectivity index (χ0) is 10.6. The monoisotopic (exact) mass is 279 g/mol. The van der Waals surface area contributed by atoms with Gasteiger partial charge in [-0.2, -0.15) is 0 Å². The number of rotatable bonds is 3. The van der Waals surface area contributed by atoms with E-state index in [1.807, 2.05) is 0 Å². The van der Waals surface area contributed by atoms with Gasteiger partial charge in [-0.3, -0.25) is 4.79 Å². The summed E-state index contributed by atoms with van der Waals surface area (Å²) in [5, 5.41) is 2.54. The Hall–Kier alpha value is -0.610. The highest BCUT2D eigenvalue weighted by Crippen LogP contribution is 2.23. The van der Waals surface area contributed by atoms with Crippen LogP contribution in [0.25, 0.3) is 0 Å². The Morgan fingerprint density at radius 3 is 2.93 bits per heavy atom. The summed E-state index contributed by atoms with van der Waals surface area (Å²) in [4.78, 5) is 11.1. The molecular formula is C9H8BrClFNO. The summed E-state index contributed by atoms with van der Waals surface area (Å²) >= 11 is 8.58. The molecule has 1 rings (SSSR count). The molecule has 1 aromatic rings. The Morgan fingerprint density at radius 1 is 1.57 bits per heavy atom. The predicted molar refractivity (Wildman–Crippen MR) is 58.1 cm³/mol. The van der Waals surface area contributed by atoms with Gasteiger partial charge in [0.15, 0.2) is 0 Å². The number of halogens is 3. The van der Waals surface area contributed by atoms with Crippen LogP contribution in [-0.2, 0) is 4.79 Å². The molecule has 0 aliphatic rings. The number of anilines is 1. The highest BCUT2D eigenvalue weighted by Gasteiger charge is 2.05. The van der Waals surface area contributed by atoms with E-state index in [1.54, 1.807) is 0 Å². The second kappa shape index (κ2) is 5.32. The molecule has 0 heterocycles. The highest BCUT2D eigenvalue weighted by molar-refractivity contribution is 9.10. The van der Waals surface area contributed by atoms with E-state index in [4.69, 9.17) is 11.6 Å². The van der Waals surface area contributed by atoms with Crippen molar-refractivity contribution >= 4 is 39.1 Å². The van der Waals surface area contributed by atoms with Gasteiger partial charge in [0.1, 0.15) is 5.82 Å². The molecule has 1 aromatic carbocycles. The molecule has 0 atom stereocenters. The van der Waals surface area contributed by atoms with Gasteiger partial charge < -0.3 is 5.32 Å². The zero-order valence-corrected chi connectivity index (χ0v) is 9.53. The van der Waals surface area contributed by atoms with E-state index >= 15 is 0 Å². The third kappa shape index (κ3) is 3.27. The van der Waals surface area contributed by atoms with Gasteiger partial charge in [-0.1, -0.05) is 0 Å². The Bertz CT molecular complexity index is 346. The van der Waals surface area contributed by atoms with Gasteiger partial charge in [0.2, 0.25) is 5.91 Å². The van der Waals surface area contributed by atoms with Gasteiger partial charge in [-0.25, -0.2) is 4.39 Å². The molecule has 1 amide bonds. The van der Waals surface area contributed by atoms with Crippen molar-refractivity contribution < 1.29 is 9.18 Å². The van der Waals surface area contributed by atoms with Crippen molar-refractivity contribution in [2.75, 3.05) is 11.2 Å². The van der Waals surface area contributed by atoms with E-state index in [0.717, 1.165) is 0 Å². The van der Waals surface area contributed by atoms with Crippen LogP contribution in [-0.4, -0.2) is 11.8 Å². The predicted octanol–water partition coefficient (Wildman–Crippen LogP) is 3.16.